The van der Waals surface area contributed by atoms with Gasteiger partial charge in [0.05, 0.1) is 0 Å². The molecular weight excluding hydrogens is 370 g/mol. The Hall–Kier alpha value is -2.80. The molecule has 1 heterocycles. The predicted molar refractivity (Wildman–Crippen MR) is 124 cm³/mol. The van der Waals surface area contributed by atoms with E-state index in [9.17, 15) is 5.11 Å². The molecule has 2 aliphatic rings. The van der Waals surface area contributed by atoms with E-state index in [4.69, 9.17) is 0 Å². The molecule has 1 unspecified atom stereocenters. The number of nitrogens with zero attached hydrogens (tertiary/aromatic N) is 1. The number of aliphatic hydroxyl groups excluding tert-OH is 1. The lowest BCUT2D eigenvalue weighted by atomic mass is 9.85. The molecule has 29 heavy (non-hydrogen) atoms. The summed E-state index contributed by atoms with van der Waals surface area (Å²) in [5.41, 5.74) is 13.7. The van der Waals surface area contributed by atoms with Crippen LogP contribution in [0.2, 0.25) is 19.6 Å². The van der Waals surface area contributed by atoms with E-state index < -0.39 is 14.2 Å². The van der Waals surface area contributed by atoms with E-state index in [1.807, 2.05) is 18.2 Å². The van der Waals surface area contributed by atoms with E-state index in [1.54, 1.807) is 0 Å². The molecule has 0 saturated heterocycles. The van der Waals surface area contributed by atoms with Gasteiger partial charge in [-0.15, -0.1) is 5.54 Å². The molecule has 0 amide bonds. The molecular formula is C26H25NOSi. The highest BCUT2D eigenvalue weighted by molar-refractivity contribution is 6.83. The van der Waals surface area contributed by atoms with Gasteiger partial charge in [0, 0.05) is 36.0 Å². The van der Waals surface area contributed by atoms with Crippen LogP contribution >= 0.6 is 0 Å². The molecule has 1 aliphatic carbocycles. The molecule has 1 atom stereocenters. The maximum atomic E-state index is 11.3. The van der Waals surface area contributed by atoms with Crippen LogP contribution in [0.5, 0.6) is 0 Å². The topological polar surface area (TPSA) is 23.5 Å². The average molecular weight is 396 g/mol. The van der Waals surface area contributed by atoms with Crippen LogP contribution in [0.1, 0.15) is 28.4 Å². The largest absolute Gasteiger partial charge is 0.384 e. The van der Waals surface area contributed by atoms with Crippen LogP contribution < -0.4 is 4.90 Å². The third-order valence-corrected chi connectivity index (χ3v) is 6.71. The number of fused-ring (bicyclic) bond motifs is 6. The second kappa shape index (κ2) is 6.35. The van der Waals surface area contributed by atoms with Crippen molar-refractivity contribution in [2.45, 2.75) is 32.3 Å². The van der Waals surface area contributed by atoms with Crippen molar-refractivity contribution in [1.29, 1.82) is 0 Å². The summed E-state index contributed by atoms with van der Waals surface area (Å²) in [4.78, 5) is 2.31. The van der Waals surface area contributed by atoms with E-state index in [0.29, 0.717) is 0 Å². The van der Waals surface area contributed by atoms with E-state index in [2.05, 4.69) is 79.5 Å². The quantitative estimate of drug-likeness (QED) is 0.396. The first kappa shape index (κ1) is 18.2. The average Bonchev–Trinajstić information content (AvgIpc) is 2.98. The van der Waals surface area contributed by atoms with Crippen molar-refractivity contribution in [2.75, 3.05) is 11.9 Å². The summed E-state index contributed by atoms with van der Waals surface area (Å²) in [6.45, 7) is 7.68. The molecule has 144 valence electrons. The predicted octanol–water partition coefficient (Wildman–Crippen LogP) is 5.59. The fourth-order valence-corrected chi connectivity index (χ4v) is 5.02. The van der Waals surface area contributed by atoms with Crippen LogP contribution in [0.15, 0.2) is 54.6 Å². The summed E-state index contributed by atoms with van der Waals surface area (Å²) < 4.78 is 0. The molecule has 3 aromatic rings. The number of hydrogen-bond acceptors (Lipinski definition) is 2. The summed E-state index contributed by atoms with van der Waals surface area (Å²) in [6.07, 6.45) is -0.628. The standard InChI is InChI=1S/C26H25NOSi/c1-27-16-17-9-5-6-10-18(17)24-21(13-14-29(2,3)4)25-22(15-23(24)27)19-11-7-8-12-20(19)26(25)28/h5-12,15,26,28H,16H2,1-4H3. The number of hydrogen-bond donors (Lipinski definition) is 1. The molecule has 0 bridgehead atoms. The number of rotatable bonds is 0. The normalized spacial score (nSPS) is 16.3. The van der Waals surface area contributed by atoms with Crippen molar-refractivity contribution >= 4 is 13.8 Å². The zero-order valence-electron chi connectivity index (χ0n) is 17.4. The van der Waals surface area contributed by atoms with E-state index in [1.165, 1.54) is 22.4 Å². The van der Waals surface area contributed by atoms with Gasteiger partial charge in [-0.05, 0) is 33.9 Å². The smallest absolute Gasteiger partial charge is 0.129 e. The van der Waals surface area contributed by atoms with Gasteiger partial charge in [0.15, 0.2) is 0 Å². The monoisotopic (exact) mass is 395 g/mol. The number of anilines is 1. The van der Waals surface area contributed by atoms with Gasteiger partial charge in [0.25, 0.3) is 0 Å². The summed E-state index contributed by atoms with van der Waals surface area (Å²) in [5, 5.41) is 11.3. The molecule has 1 aliphatic heterocycles. The van der Waals surface area contributed by atoms with Crippen LogP contribution in [0.3, 0.4) is 0 Å². The highest BCUT2D eigenvalue weighted by atomic mass is 28.3. The van der Waals surface area contributed by atoms with Gasteiger partial charge in [0.1, 0.15) is 14.2 Å². The molecule has 0 radical (unpaired) electrons. The Labute approximate surface area is 173 Å². The number of aliphatic hydroxyl groups is 1. The van der Waals surface area contributed by atoms with Crippen molar-refractivity contribution in [3.63, 3.8) is 0 Å². The Morgan fingerprint density at radius 2 is 1.66 bits per heavy atom. The molecule has 0 saturated carbocycles. The zero-order chi connectivity index (χ0) is 20.3. The summed E-state index contributed by atoms with van der Waals surface area (Å²) in [6, 6.07) is 19.1. The van der Waals surface area contributed by atoms with Crippen molar-refractivity contribution in [3.8, 4) is 33.7 Å². The summed E-state index contributed by atoms with van der Waals surface area (Å²) in [7, 11) is 0.562. The highest BCUT2D eigenvalue weighted by Crippen LogP contribution is 2.52. The summed E-state index contributed by atoms with van der Waals surface area (Å²) in [5.74, 6) is 3.56. The van der Waals surface area contributed by atoms with Crippen LogP contribution in [0, 0.1) is 11.5 Å². The zero-order valence-corrected chi connectivity index (χ0v) is 18.4. The second-order valence-electron chi connectivity index (χ2n) is 9.11. The SMILES string of the molecule is CN1Cc2ccccc2-c2c1cc1c(c2C#C[Si](C)(C)C)C(O)c2ccccc2-1. The Morgan fingerprint density at radius 1 is 0.966 bits per heavy atom. The fourth-order valence-electron chi connectivity index (χ4n) is 4.52. The van der Waals surface area contributed by atoms with Gasteiger partial charge in [-0.25, -0.2) is 0 Å². The summed E-state index contributed by atoms with van der Waals surface area (Å²) >= 11 is 0. The van der Waals surface area contributed by atoms with Gasteiger partial charge in [0.2, 0.25) is 0 Å². The van der Waals surface area contributed by atoms with Crippen LogP contribution in [-0.2, 0) is 6.54 Å². The first-order chi connectivity index (χ1) is 13.8. The van der Waals surface area contributed by atoms with E-state index in [0.717, 1.165) is 34.4 Å². The highest BCUT2D eigenvalue weighted by Gasteiger charge is 2.34. The lowest BCUT2D eigenvalue weighted by Gasteiger charge is -2.32. The molecule has 3 heteroatoms. The Balaban J connectivity index is 1.90. The lowest BCUT2D eigenvalue weighted by molar-refractivity contribution is 0.225. The Morgan fingerprint density at radius 3 is 2.41 bits per heavy atom. The van der Waals surface area contributed by atoms with Gasteiger partial charge in [-0.3, -0.25) is 0 Å². The maximum absolute atomic E-state index is 11.3. The molecule has 0 aromatic heterocycles. The van der Waals surface area contributed by atoms with Crippen molar-refractivity contribution in [3.05, 3.63) is 76.9 Å². The van der Waals surface area contributed by atoms with E-state index in [-0.39, 0.29) is 0 Å². The van der Waals surface area contributed by atoms with Crippen molar-refractivity contribution < 1.29 is 5.11 Å². The van der Waals surface area contributed by atoms with E-state index >= 15 is 0 Å². The third-order valence-electron chi connectivity index (χ3n) is 5.83. The van der Waals surface area contributed by atoms with Crippen molar-refractivity contribution in [1.82, 2.24) is 0 Å². The maximum Gasteiger partial charge on any atom is 0.129 e. The van der Waals surface area contributed by atoms with Gasteiger partial charge in [-0.2, -0.15) is 0 Å². The number of benzene rings is 3. The van der Waals surface area contributed by atoms with Crippen LogP contribution in [0.4, 0.5) is 5.69 Å². The molecule has 0 fully saturated rings. The molecule has 2 nitrogen and oxygen atoms in total. The molecule has 3 aromatic carbocycles. The van der Waals surface area contributed by atoms with Gasteiger partial charge < -0.3 is 10.0 Å². The first-order valence-corrected chi connectivity index (χ1v) is 13.7. The Bertz CT molecular complexity index is 1210. The van der Waals surface area contributed by atoms with Gasteiger partial charge >= 0.3 is 0 Å². The van der Waals surface area contributed by atoms with Crippen molar-refractivity contribution in [2.24, 2.45) is 0 Å². The minimum Gasteiger partial charge on any atom is -0.384 e. The first-order valence-electron chi connectivity index (χ1n) is 10.2. The van der Waals surface area contributed by atoms with Crippen LogP contribution in [0.25, 0.3) is 22.3 Å². The molecule has 1 N–H and O–H groups in total. The second-order valence-corrected chi connectivity index (χ2v) is 13.9. The minimum absolute atomic E-state index is 0.628. The molecule has 0 spiro atoms. The van der Waals surface area contributed by atoms with Crippen LogP contribution in [-0.4, -0.2) is 20.2 Å². The fraction of sp³-hybridized carbons (Fsp3) is 0.231. The third kappa shape index (κ3) is 2.83. The Kier molecular flexibility index (Phi) is 3.99. The van der Waals surface area contributed by atoms with Gasteiger partial charge in [-0.1, -0.05) is 74.1 Å². The molecule has 5 rings (SSSR count). The minimum atomic E-state index is -1.58. The lowest BCUT2D eigenvalue weighted by Crippen LogP contribution is -2.23.